The molecule has 0 bridgehead atoms. The standard InChI is InChI=1S/C11H19N5O/c1-16-8-13-5-9(16)6-14-11(12)15-7-10-3-2-4-17-10/h5,8,10H,2-4,6-7H2,1H3,(H3,12,14,15). The van der Waals surface area contributed by atoms with Crippen LogP contribution in [-0.2, 0) is 18.3 Å². The van der Waals surface area contributed by atoms with E-state index >= 15 is 0 Å². The average molecular weight is 237 g/mol. The first-order valence-corrected chi connectivity index (χ1v) is 5.86. The predicted octanol–water partition coefficient (Wildman–Crippen LogP) is 0.00340. The van der Waals surface area contributed by atoms with Gasteiger partial charge in [-0.05, 0) is 12.8 Å². The van der Waals surface area contributed by atoms with E-state index in [-0.39, 0.29) is 6.10 Å². The molecular formula is C11H19N5O. The highest BCUT2D eigenvalue weighted by Gasteiger charge is 2.14. The van der Waals surface area contributed by atoms with Crippen molar-refractivity contribution in [3.8, 4) is 0 Å². The van der Waals surface area contributed by atoms with Crippen molar-refractivity contribution in [2.75, 3.05) is 13.2 Å². The molecular weight excluding hydrogens is 218 g/mol. The van der Waals surface area contributed by atoms with Crippen molar-refractivity contribution in [2.24, 2.45) is 17.8 Å². The molecule has 0 amide bonds. The third-order valence-corrected chi connectivity index (χ3v) is 2.86. The number of nitrogens with two attached hydrogens (primary N) is 1. The minimum Gasteiger partial charge on any atom is -0.376 e. The van der Waals surface area contributed by atoms with Crippen LogP contribution in [0.4, 0.5) is 0 Å². The fourth-order valence-electron chi connectivity index (χ4n) is 1.78. The highest BCUT2D eigenvalue weighted by Crippen LogP contribution is 2.10. The summed E-state index contributed by atoms with van der Waals surface area (Å²) in [6.07, 6.45) is 6.05. The van der Waals surface area contributed by atoms with Crippen LogP contribution >= 0.6 is 0 Å². The van der Waals surface area contributed by atoms with E-state index in [1.165, 1.54) is 0 Å². The molecule has 1 aliphatic rings. The van der Waals surface area contributed by atoms with Crippen molar-refractivity contribution in [3.05, 3.63) is 18.2 Å². The third kappa shape index (κ3) is 3.45. The second-order valence-corrected chi connectivity index (χ2v) is 4.21. The molecule has 0 aliphatic carbocycles. The van der Waals surface area contributed by atoms with E-state index in [0.717, 1.165) is 31.7 Å². The fourth-order valence-corrected chi connectivity index (χ4v) is 1.78. The molecule has 0 radical (unpaired) electrons. The summed E-state index contributed by atoms with van der Waals surface area (Å²) in [6.45, 7) is 2.14. The zero-order chi connectivity index (χ0) is 12.1. The van der Waals surface area contributed by atoms with E-state index in [9.17, 15) is 0 Å². The average Bonchev–Trinajstić information content (AvgIpc) is 2.95. The van der Waals surface area contributed by atoms with Crippen LogP contribution in [0.5, 0.6) is 0 Å². The van der Waals surface area contributed by atoms with E-state index in [1.807, 2.05) is 11.6 Å². The minimum atomic E-state index is 0.278. The summed E-state index contributed by atoms with van der Waals surface area (Å²) in [4.78, 5) is 8.28. The first kappa shape index (κ1) is 11.9. The molecule has 1 unspecified atom stereocenters. The highest BCUT2D eigenvalue weighted by atomic mass is 16.5. The number of nitrogens with one attached hydrogen (secondary N) is 1. The summed E-state index contributed by atoms with van der Waals surface area (Å²) in [6, 6.07) is 0. The number of hydrogen-bond acceptors (Lipinski definition) is 3. The van der Waals surface area contributed by atoms with Crippen LogP contribution in [0, 0.1) is 0 Å². The van der Waals surface area contributed by atoms with Crippen molar-refractivity contribution < 1.29 is 4.74 Å². The Morgan fingerprint density at radius 2 is 2.65 bits per heavy atom. The Morgan fingerprint density at radius 1 is 1.76 bits per heavy atom. The van der Waals surface area contributed by atoms with Crippen LogP contribution in [0.15, 0.2) is 17.5 Å². The van der Waals surface area contributed by atoms with Gasteiger partial charge in [-0.2, -0.15) is 0 Å². The number of hydrogen-bond donors (Lipinski definition) is 2. The first-order valence-electron chi connectivity index (χ1n) is 5.86. The van der Waals surface area contributed by atoms with Crippen molar-refractivity contribution in [1.82, 2.24) is 14.9 Å². The van der Waals surface area contributed by atoms with Crippen LogP contribution in [0.2, 0.25) is 0 Å². The molecule has 17 heavy (non-hydrogen) atoms. The Kier molecular flexibility index (Phi) is 3.98. The number of nitrogens with zero attached hydrogens (tertiary/aromatic N) is 3. The Hall–Kier alpha value is -1.56. The lowest BCUT2D eigenvalue weighted by atomic mass is 10.2. The van der Waals surface area contributed by atoms with Gasteiger partial charge in [0.05, 0.1) is 30.9 Å². The fraction of sp³-hybridized carbons (Fsp3) is 0.636. The minimum absolute atomic E-state index is 0.278. The number of aryl methyl sites for hydroxylation is 1. The van der Waals surface area contributed by atoms with Crippen molar-refractivity contribution in [2.45, 2.75) is 25.5 Å². The van der Waals surface area contributed by atoms with E-state index in [2.05, 4.69) is 15.3 Å². The maximum atomic E-state index is 5.77. The lowest BCUT2D eigenvalue weighted by Crippen LogP contribution is -2.37. The molecule has 2 heterocycles. The molecule has 0 spiro atoms. The number of ether oxygens (including phenoxy) is 1. The zero-order valence-electron chi connectivity index (χ0n) is 10.1. The van der Waals surface area contributed by atoms with Crippen LogP contribution in [0.3, 0.4) is 0 Å². The van der Waals surface area contributed by atoms with E-state index in [1.54, 1.807) is 12.5 Å². The molecule has 94 valence electrons. The smallest absolute Gasteiger partial charge is 0.189 e. The van der Waals surface area contributed by atoms with Gasteiger partial charge in [-0.15, -0.1) is 0 Å². The number of rotatable bonds is 4. The quantitative estimate of drug-likeness (QED) is 0.571. The maximum absolute atomic E-state index is 5.77. The summed E-state index contributed by atoms with van der Waals surface area (Å²) >= 11 is 0. The normalized spacial score (nSPS) is 20.8. The van der Waals surface area contributed by atoms with Crippen LogP contribution in [0.1, 0.15) is 18.5 Å². The number of aliphatic imine (C=N–C) groups is 1. The molecule has 1 aromatic rings. The van der Waals surface area contributed by atoms with E-state index in [4.69, 9.17) is 10.5 Å². The number of guanidine groups is 1. The maximum Gasteiger partial charge on any atom is 0.189 e. The molecule has 1 saturated heterocycles. The van der Waals surface area contributed by atoms with Crippen LogP contribution in [-0.4, -0.2) is 34.8 Å². The van der Waals surface area contributed by atoms with Gasteiger partial charge in [-0.1, -0.05) is 0 Å². The number of imidazole rings is 1. The molecule has 3 N–H and O–H groups in total. The van der Waals surface area contributed by atoms with Gasteiger partial charge in [0.15, 0.2) is 5.96 Å². The Morgan fingerprint density at radius 3 is 3.29 bits per heavy atom. The molecule has 0 aromatic carbocycles. The van der Waals surface area contributed by atoms with Crippen molar-refractivity contribution in [1.29, 1.82) is 0 Å². The van der Waals surface area contributed by atoms with Crippen molar-refractivity contribution in [3.63, 3.8) is 0 Å². The lowest BCUT2D eigenvalue weighted by molar-refractivity contribution is 0.114. The number of aromatic nitrogens is 2. The molecule has 6 heteroatoms. The predicted molar refractivity (Wildman–Crippen MR) is 65.5 cm³/mol. The SMILES string of the molecule is Cn1cncc1CN=C(N)NCC1CCCO1. The van der Waals surface area contributed by atoms with Gasteiger partial charge in [-0.3, -0.25) is 0 Å². The van der Waals surface area contributed by atoms with Gasteiger partial charge in [0.25, 0.3) is 0 Å². The summed E-state index contributed by atoms with van der Waals surface area (Å²) < 4.78 is 7.41. The second kappa shape index (κ2) is 5.67. The first-order chi connectivity index (χ1) is 8.25. The van der Waals surface area contributed by atoms with Gasteiger partial charge in [0, 0.05) is 20.2 Å². The molecule has 1 fully saturated rings. The third-order valence-electron chi connectivity index (χ3n) is 2.86. The van der Waals surface area contributed by atoms with Gasteiger partial charge >= 0.3 is 0 Å². The summed E-state index contributed by atoms with van der Waals surface area (Å²) in [7, 11) is 1.94. The Balaban J connectivity index is 1.75. The summed E-state index contributed by atoms with van der Waals surface area (Å²) in [5, 5.41) is 3.08. The Bertz CT molecular complexity index is 381. The van der Waals surface area contributed by atoms with E-state index < -0.39 is 0 Å². The topological polar surface area (TPSA) is 77.5 Å². The lowest BCUT2D eigenvalue weighted by Gasteiger charge is -2.11. The molecule has 6 nitrogen and oxygen atoms in total. The largest absolute Gasteiger partial charge is 0.376 e. The molecule has 0 saturated carbocycles. The molecule has 1 aliphatic heterocycles. The zero-order valence-corrected chi connectivity index (χ0v) is 10.1. The van der Waals surface area contributed by atoms with Gasteiger partial charge in [-0.25, -0.2) is 9.98 Å². The Labute approximate surface area is 101 Å². The van der Waals surface area contributed by atoms with E-state index in [0.29, 0.717) is 12.5 Å². The summed E-state index contributed by atoms with van der Waals surface area (Å²) in [5.41, 5.74) is 6.81. The molecule has 1 atom stereocenters. The molecule has 2 rings (SSSR count). The monoisotopic (exact) mass is 237 g/mol. The highest BCUT2D eigenvalue weighted by molar-refractivity contribution is 5.77. The van der Waals surface area contributed by atoms with Gasteiger partial charge < -0.3 is 20.4 Å². The second-order valence-electron chi connectivity index (χ2n) is 4.21. The van der Waals surface area contributed by atoms with Gasteiger partial charge in [0.1, 0.15) is 0 Å². The summed E-state index contributed by atoms with van der Waals surface area (Å²) in [5.74, 6) is 0.460. The molecule has 1 aromatic heterocycles. The van der Waals surface area contributed by atoms with Gasteiger partial charge in [0.2, 0.25) is 0 Å². The van der Waals surface area contributed by atoms with Crippen molar-refractivity contribution >= 4 is 5.96 Å². The van der Waals surface area contributed by atoms with Crippen LogP contribution < -0.4 is 11.1 Å². The van der Waals surface area contributed by atoms with Crippen LogP contribution in [0.25, 0.3) is 0 Å².